The van der Waals surface area contributed by atoms with Crippen molar-refractivity contribution in [3.05, 3.63) is 141 Å². The van der Waals surface area contributed by atoms with Gasteiger partial charge in [-0.25, -0.2) is 5.43 Å². The van der Waals surface area contributed by atoms with Crippen LogP contribution in [0.25, 0.3) is 16.9 Å². The molecule has 0 unspecified atom stereocenters. The average Bonchev–Trinajstić information content (AvgIpc) is 3.35. The van der Waals surface area contributed by atoms with Crippen molar-refractivity contribution in [2.75, 3.05) is 0 Å². The van der Waals surface area contributed by atoms with E-state index >= 15 is 0 Å². The standard InChI is InChI=1S/C32H25Br2N3O2/c1-22-12-17-30(25-10-6-3-7-11-25)37(22)27-15-13-26(14-16-27)32(38)36-35-20-24-18-28(33)31(29(34)19-24)39-21-23-8-4-2-5-9-23/h2-20H,21H2,1H3,(H,36,38)/b35-20+. The number of aromatic nitrogens is 1. The minimum Gasteiger partial charge on any atom is -0.487 e. The first-order valence-corrected chi connectivity index (χ1v) is 13.9. The van der Waals surface area contributed by atoms with E-state index in [-0.39, 0.29) is 5.91 Å². The molecule has 1 heterocycles. The Kier molecular flexibility index (Phi) is 8.39. The Morgan fingerprint density at radius 1 is 0.872 bits per heavy atom. The van der Waals surface area contributed by atoms with E-state index in [4.69, 9.17) is 4.74 Å². The molecule has 0 saturated heterocycles. The molecule has 4 aromatic carbocycles. The molecule has 5 aromatic rings. The molecule has 0 radical (unpaired) electrons. The molecule has 1 N–H and O–H groups in total. The van der Waals surface area contributed by atoms with Crippen LogP contribution < -0.4 is 10.2 Å². The number of nitrogens with zero attached hydrogens (tertiary/aromatic N) is 2. The van der Waals surface area contributed by atoms with Crippen molar-refractivity contribution in [3.63, 3.8) is 0 Å². The summed E-state index contributed by atoms with van der Waals surface area (Å²) >= 11 is 7.14. The highest BCUT2D eigenvalue weighted by molar-refractivity contribution is 9.11. The van der Waals surface area contributed by atoms with E-state index in [1.54, 1.807) is 18.3 Å². The molecule has 0 aliphatic carbocycles. The SMILES string of the molecule is Cc1ccc(-c2ccccc2)n1-c1ccc(C(=O)N/N=C/c2cc(Br)c(OCc3ccccc3)c(Br)c2)cc1. The fourth-order valence-electron chi connectivity index (χ4n) is 4.23. The van der Waals surface area contributed by atoms with Gasteiger partial charge in [-0.3, -0.25) is 4.79 Å². The topological polar surface area (TPSA) is 55.6 Å². The molecule has 5 nitrogen and oxygen atoms in total. The van der Waals surface area contributed by atoms with E-state index in [1.165, 1.54) is 0 Å². The van der Waals surface area contributed by atoms with Crippen LogP contribution in [0.5, 0.6) is 5.75 Å². The van der Waals surface area contributed by atoms with Crippen LogP contribution in [0, 0.1) is 6.92 Å². The first kappa shape index (κ1) is 26.7. The Morgan fingerprint density at radius 3 is 2.18 bits per heavy atom. The summed E-state index contributed by atoms with van der Waals surface area (Å²) < 4.78 is 9.72. The number of benzene rings is 4. The number of carbonyl (C=O) groups excluding carboxylic acids is 1. The number of hydrogen-bond donors (Lipinski definition) is 1. The molecule has 1 amide bonds. The lowest BCUT2D eigenvalue weighted by atomic mass is 10.1. The zero-order chi connectivity index (χ0) is 27.2. The molecule has 1 aromatic heterocycles. The smallest absolute Gasteiger partial charge is 0.271 e. The minimum atomic E-state index is -0.286. The number of rotatable bonds is 8. The summed E-state index contributed by atoms with van der Waals surface area (Å²) in [5.74, 6) is 0.416. The van der Waals surface area contributed by atoms with Crippen LogP contribution in [0.2, 0.25) is 0 Å². The molecular formula is C32H25Br2N3O2. The summed E-state index contributed by atoms with van der Waals surface area (Å²) in [7, 11) is 0. The number of nitrogens with one attached hydrogen (secondary N) is 1. The van der Waals surface area contributed by atoms with E-state index in [0.29, 0.717) is 17.9 Å². The van der Waals surface area contributed by atoms with Crippen molar-refractivity contribution in [2.24, 2.45) is 5.10 Å². The molecule has 7 heteroatoms. The molecule has 0 aliphatic heterocycles. The van der Waals surface area contributed by atoms with Crippen molar-refractivity contribution < 1.29 is 9.53 Å². The minimum absolute atomic E-state index is 0.286. The molecule has 0 fully saturated rings. The maximum absolute atomic E-state index is 12.7. The molecule has 0 bridgehead atoms. The number of aryl methyl sites for hydroxylation is 1. The zero-order valence-electron chi connectivity index (χ0n) is 21.1. The summed E-state index contributed by atoms with van der Waals surface area (Å²) in [5.41, 5.74) is 9.35. The van der Waals surface area contributed by atoms with Crippen LogP contribution in [-0.2, 0) is 6.61 Å². The monoisotopic (exact) mass is 641 g/mol. The van der Waals surface area contributed by atoms with Gasteiger partial charge in [-0.05, 0) is 104 Å². The molecule has 5 rings (SSSR count). The van der Waals surface area contributed by atoms with Crippen LogP contribution >= 0.6 is 31.9 Å². The summed E-state index contributed by atoms with van der Waals surface area (Å²) in [6, 6.07) is 35.7. The van der Waals surface area contributed by atoms with Crippen molar-refractivity contribution in [1.29, 1.82) is 0 Å². The number of hydrogen-bond acceptors (Lipinski definition) is 3. The molecule has 0 aliphatic rings. The molecule has 0 atom stereocenters. The van der Waals surface area contributed by atoms with Gasteiger partial charge in [0.15, 0.2) is 0 Å². The van der Waals surface area contributed by atoms with Gasteiger partial charge < -0.3 is 9.30 Å². The predicted molar refractivity (Wildman–Crippen MR) is 164 cm³/mol. The van der Waals surface area contributed by atoms with E-state index in [1.807, 2.05) is 72.8 Å². The lowest BCUT2D eigenvalue weighted by Crippen LogP contribution is -2.17. The van der Waals surface area contributed by atoms with Gasteiger partial charge >= 0.3 is 0 Å². The van der Waals surface area contributed by atoms with Gasteiger partial charge in [0.25, 0.3) is 5.91 Å². The highest BCUT2D eigenvalue weighted by Crippen LogP contribution is 2.35. The quantitative estimate of drug-likeness (QED) is 0.137. The summed E-state index contributed by atoms with van der Waals surface area (Å²) in [4.78, 5) is 12.7. The van der Waals surface area contributed by atoms with E-state index < -0.39 is 0 Å². The zero-order valence-corrected chi connectivity index (χ0v) is 24.3. The van der Waals surface area contributed by atoms with Gasteiger partial charge in [0.05, 0.1) is 20.9 Å². The van der Waals surface area contributed by atoms with Crippen LogP contribution in [0.4, 0.5) is 0 Å². The maximum Gasteiger partial charge on any atom is 0.271 e. The van der Waals surface area contributed by atoms with Crippen LogP contribution in [0.3, 0.4) is 0 Å². The van der Waals surface area contributed by atoms with Crippen LogP contribution in [0.1, 0.15) is 27.2 Å². The van der Waals surface area contributed by atoms with Crippen LogP contribution in [-0.4, -0.2) is 16.7 Å². The Hall–Kier alpha value is -3.94. The third kappa shape index (κ3) is 6.38. The average molecular weight is 643 g/mol. The molecule has 0 saturated carbocycles. The Bertz CT molecular complexity index is 1590. The second-order valence-electron chi connectivity index (χ2n) is 8.90. The highest BCUT2D eigenvalue weighted by atomic mass is 79.9. The third-order valence-corrected chi connectivity index (χ3v) is 7.34. The molecule has 194 valence electrons. The van der Waals surface area contributed by atoms with Gasteiger partial charge in [0.1, 0.15) is 12.4 Å². The summed E-state index contributed by atoms with van der Waals surface area (Å²) in [5, 5.41) is 4.15. The normalized spacial score (nSPS) is 11.1. The maximum atomic E-state index is 12.7. The van der Waals surface area contributed by atoms with Crippen molar-refractivity contribution in [2.45, 2.75) is 13.5 Å². The van der Waals surface area contributed by atoms with Crippen molar-refractivity contribution in [1.82, 2.24) is 9.99 Å². The predicted octanol–water partition coefficient (Wildman–Crippen LogP) is 8.32. The van der Waals surface area contributed by atoms with E-state index in [9.17, 15) is 4.79 Å². The van der Waals surface area contributed by atoms with Gasteiger partial charge in [-0.2, -0.15) is 5.10 Å². The van der Waals surface area contributed by atoms with Gasteiger partial charge in [-0.1, -0.05) is 60.7 Å². The lowest BCUT2D eigenvalue weighted by Gasteiger charge is -2.13. The van der Waals surface area contributed by atoms with Gasteiger partial charge in [-0.15, -0.1) is 0 Å². The van der Waals surface area contributed by atoms with E-state index in [2.05, 4.69) is 78.1 Å². The Balaban J connectivity index is 1.24. The molecule has 0 spiro atoms. The van der Waals surface area contributed by atoms with Gasteiger partial charge in [0, 0.05) is 16.9 Å². The second-order valence-corrected chi connectivity index (χ2v) is 10.6. The highest BCUT2D eigenvalue weighted by Gasteiger charge is 2.12. The van der Waals surface area contributed by atoms with Crippen LogP contribution in [0.15, 0.2) is 123 Å². The fraction of sp³-hybridized carbons (Fsp3) is 0.0625. The summed E-state index contributed by atoms with van der Waals surface area (Å²) in [6.45, 7) is 2.53. The van der Waals surface area contributed by atoms with Crippen molar-refractivity contribution in [3.8, 4) is 22.7 Å². The number of carbonyl (C=O) groups is 1. The fourth-order valence-corrected chi connectivity index (χ4v) is 5.68. The number of hydrazone groups is 1. The van der Waals surface area contributed by atoms with Crippen molar-refractivity contribution >= 4 is 44.0 Å². The number of amides is 1. The Morgan fingerprint density at radius 2 is 1.51 bits per heavy atom. The molecular weight excluding hydrogens is 618 g/mol. The van der Waals surface area contributed by atoms with E-state index in [0.717, 1.165) is 42.7 Å². The Labute approximate surface area is 244 Å². The third-order valence-electron chi connectivity index (χ3n) is 6.16. The second kappa shape index (κ2) is 12.3. The lowest BCUT2D eigenvalue weighted by molar-refractivity contribution is 0.0955. The largest absolute Gasteiger partial charge is 0.487 e. The number of ether oxygens (including phenoxy) is 1. The van der Waals surface area contributed by atoms with Gasteiger partial charge in [0.2, 0.25) is 0 Å². The number of halogens is 2. The first-order valence-electron chi connectivity index (χ1n) is 12.3. The first-order chi connectivity index (χ1) is 19.0. The summed E-state index contributed by atoms with van der Waals surface area (Å²) in [6.07, 6.45) is 1.60. The molecule has 39 heavy (non-hydrogen) atoms.